The monoisotopic (exact) mass is 277 g/mol. The molecule has 1 atom stereocenters. The molecule has 0 saturated carbocycles. The molecular weight excluding hydrogens is 269 g/mol. The van der Waals surface area contributed by atoms with Crippen molar-refractivity contribution in [3.8, 4) is 11.5 Å². The van der Waals surface area contributed by atoms with E-state index in [0.717, 1.165) is 0 Å². The lowest BCUT2D eigenvalue weighted by Crippen LogP contribution is -2.17. The van der Waals surface area contributed by atoms with E-state index in [4.69, 9.17) is 20.3 Å². The summed E-state index contributed by atoms with van der Waals surface area (Å²) >= 11 is 3.05. The molecule has 1 heterocycles. The van der Waals surface area contributed by atoms with Gasteiger partial charge in [0.05, 0.1) is 22.7 Å². The second-order valence-corrected chi connectivity index (χ2v) is 3.96. The number of nitrogens with two attached hydrogens (primary N) is 1. The molecule has 6 heteroatoms. The normalized spacial score (nSPS) is 15.5. The summed E-state index contributed by atoms with van der Waals surface area (Å²) < 4.78 is 24.2. The molecule has 0 amide bonds. The maximum absolute atomic E-state index is 13.7. The van der Waals surface area contributed by atoms with Crippen LogP contribution in [0.3, 0.4) is 0 Å². The molecule has 15 heavy (non-hydrogen) atoms. The molecule has 0 radical (unpaired) electrons. The van der Waals surface area contributed by atoms with Crippen LogP contribution in [0.1, 0.15) is 11.6 Å². The highest BCUT2D eigenvalue weighted by molar-refractivity contribution is 9.10. The van der Waals surface area contributed by atoms with Crippen molar-refractivity contribution in [1.29, 1.82) is 0 Å². The topological polar surface area (TPSA) is 64.7 Å². The first-order chi connectivity index (χ1) is 7.15. The highest BCUT2D eigenvalue weighted by atomic mass is 79.9. The van der Waals surface area contributed by atoms with E-state index in [1.165, 1.54) is 6.07 Å². The second kappa shape index (κ2) is 3.96. The molecule has 1 unspecified atom stereocenters. The van der Waals surface area contributed by atoms with Crippen LogP contribution in [0.15, 0.2) is 10.5 Å². The van der Waals surface area contributed by atoms with Crippen LogP contribution in [0, 0.1) is 5.82 Å². The average molecular weight is 278 g/mol. The summed E-state index contributed by atoms with van der Waals surface area (Å²) in [6.45, 7) is -0.320. The summed E-state index contributed by atoms with van der Waals surface area (Å²) in [7, 11) is 0. The fourth-order valence-electron chi connectivity index (χ4n) is 1.44. The molecule has 2 rings (SSSR count). The minimum absolute atomic E-state index is 0.0381. The number of hydrogen-bond donors (Lipinski definition) is 2. The Hall–Kier alpha value is -0.850. The lowest BCUT2D eigenvalue weighted by atomic mass is 10.1. The van der Waals surface area contributed by atoms with Crippen LogP contribution in [0.4, 0.5) is 4.39 Å². The number of halogens is 2. The maximum atomic E-state index is 13.7. The van der Waals surface area contributed by atoms with Crippen LogP contribution in [0.5, 0.6) is 11.5 Å². The smallest absolute Gasteiger partial charge is 0.231 e. The summed E-state index contributed by atoms with van der Waals surface area (Å²) in [5.41, 5.74) is 5.73. The lowest BCUT2D eigenvalue weighted by molar-refractivity contribution is 0.171. The molecule has 0 fully saturated rings. The van der Waals surface area contributed by atoms with Gasteiger partial charge < -0.3 is 20.3 Å². The number of benzene rings is 1. The molecule has 0 aliphatic carbocycles. The van der Waals surface area contributed by atoms with Crippen LogP contribution in [-0.4, -0.2) is 18.5 Å². The van der Waals surface area contributed by atoms with Crippen LogP contribution in [-0.2, 0) is 0 Å². The van der Waals surface area contributed by atoms with Crippen molar-refractivity contribution in [3.63, 3.8) is 0 Å². The standard InChI is InChI=1S/C9H9BrFNO3/c10-4-1-6-9(15-3-14-6)7(8(4)11)5(12)2-13/h1,5,13H,2-3,12H2. The van der Waals surface area contributed by atoms with Gasteiger partial charge in [0.2, 0.25) is 6.79 Å². The van der Waals surface area contributed by atoms with Gasteiger partial charge in [-0.15, -0.1) is 0 Å². The van der Waals surface area contributed by atoms with E-state index in [1.807, 2.05) is 0 Å². The largest absolute Gasteiger partial charge is 0.454 e. The number of fused-ring (bicyclic) bond motifs is 1. The van der Waals surface area contributed by atoms with E-state index in [-0.39, 0.29) is 29.2 Å². The number of rotatable bonds is 2. The highest BCUT2D eigenvalue weighted by Crippen LogP contribution is 2.42. The molecule has 0 bridgehead atoms. The Bertz CT molecular complexity index is 399. The third-order valence-corrected chi connectivity index (χ3v) is 2.73. The molecule has 1 aromatic rings. The molecule has 1 aliphatic heterocycles. The van der Waals surface area contributed by atoms with Gasteiger partial charge in [-0.25, -0.2) is 4.39 Å². The Morgan fingerprint density at radius 1 is 1.60 bits per heavy atom. The summed E-state index contributed by atoms with van der Waals surface area (Å²) in [5, 5.41) is 8.93. The summed E-state index contributed by atoms with van der Waals surface area (Å²) in [4.78, 5) is 0. The van der Waals surface area contributed by atoms with Crippen LogP contribution >= 0.6 is 15.9 Å². The van der Waals surface area contributed by atoms with Gasteiger partial charge in [-0.3, -0.25) is 0 Å². The predicted molar refractivity (Wildman–Crippen MR) is 54.2 cm³/mol. The Labute approximate surface area is 93.9 Å². The zero-order valence-electron chi connectivity index (χ0n) is 7.67. The lowest BCUT2D eigenvalue weighted by Gasteiger charge is -2.13. The summed E-state index contributed by atoms with van der Waals surface area (Å²) in [6.07, 6.45) is 0. The average Bonchev–Trinajstić information content (AvgIpc) is 2.66. The minimum Gasteiger partial charge on any atom is -0.454 e. The van der Waals surface area contributed by atoms with Gasteiger partial charge >= 0.3 is 0 Å². The molecule has 1 aromatic carbocycles. The zero-order valence-corrected chi connectivity index (χ0v) is 9.25. The fourth-order valence-corrected chi connectivity index (χ4v) is 1.86. The van der Waals surface area contributed by atoms with E-state index < -0.39 is 11.9 Å². The van der Waals surface area contributed by atoms with Gasteiger partial charge in [-0.2, -0.15) is 0 Å². The van der Waals surface area contributed by atoms with Gasteiger partial charge in [-0.05, 0) is 15.9 Å². The first-order valence-corrected chi connectivity index (χ1v) is 5.08. The number of ether oxygens (including phenoxy) is 2. The molecule has 1 aliphatic rings. The first kappa shape index (κ1) is 10.7. The quantitative estimate of drug-likeness (QED) is 0.856. The van der Waals surface area contributed by atoms with Crippen molar-refractivity contribution in [3.05, 3.63) is 21.9 Å². The van der Waals surface area contributed by atoms with Crippen molar-refractivity contribution in [2.45, 2.75) is 6.04 Å². The Kier molecular flexibility index (Phi) is 2.81. The van der Waals surface area contributed by atoms with Crippen molar-refractivity contribution in [1.82, 2.24) is 0 Å². The third kappa shape index (κ3) is 1.68. The first-order valence-electron chi connectivity index (χ1n) is 4.29. The number of hydrogen-bond acceptors (Lipinski definition) is 4. The van der Waals surface area contributed by atoms with Crippen LogP contribution < -0.4 is 15.2 Å². The molecular formula is C9H9BrFNO3. The summed E-state index contributed by atoms with van der Waals surface area (Å²) in [5.74, 6) is 0.181. The van der Waals surface area contributed by atoms with Gasteiger partial charge in [0, 0.05) is 6.07 Å². The zero-order chi connectivity index (χ0) is 11.0. The van der Waals surface area contributed by atoms with Crippen molar-refractivity contribution in [2.75, 3.05) is 13.4 Å². The van der Waals surface area contributed by atoms with Gasteiger partial charge in [0.25, 0.3) is 0 Å². The van der Waals surface area contributed by atoms with Crippen molar-refractivity contribution < 1.29 is 19.0 Å². The maximum Gasteiger partial charge on any atom is 0.231 e. The molecule has 0 aromatic heterocycles. The highest BCUT2D eigenvalue weighted by Gasteiger charge is 2.27. The SMILES string of the molecule is NC(CO)c1c(F)c(Br)cc2c1OCO2. The Morgan fingerprint density at radius 3 is 3.00 bits per heavy atom. The fraction of sp³-hybridized carbons (Fsp3) is 0.333. The van der Waals surface area contributed by atoms with Crippen LogP contribution in [0.25, 0.3) is 0 Å². The molecule has 82 valence electrons. The van der Waals surface area contributed by atoms with E-state index in [9.17, 15) is 4.39 Å². The van der Waals surface area contributed by atoms with Crippen LogP contribution in [0.2, 0.25) is 0 Å². The molecule has 0 spiro atoms. The molecule has 3 N–H and O–H groups in total. The van der Waals surface area contributed by atoms with Crippen molar-refractivity contribution in [2.24, 2.45) is 5.73 Å². The van der Waals surface area contributed by atoms with E-state index in [1.54, 1.807) is 0 Å². The van der Waals surface area contributed by atoms with E-state index in [2.05, 4.69) is 15.9 Å². The van der Waals surface area contributed by atoms with E-state index >= 15 is 0 Å². The Balaban J connectivity index is 2.60. The predicted octanol–water partition coefficient (Wildman–Crippen LogP) is 1.31. The van der Waals surface area contributed by atoms with Gasteiger partial charge in [-0.1, -0.05) is 0 Å². The molecule has 0 saturated heterocycles. The molecule has 4 nitrogen and oxygen atoms in total. The van der Waals surface area contributed by atoms with Crippen molar-refractivity contribution >= 4 is 15.9 Å². The minimum atomic E-state index is -0.821. The van der Waals surface area contributed by atoms with Gasteiger partial charge in [0.15, 0.2) is 11.5 Å². The van der Waals surface area contributed by atoms with E-state index in [0.29, 0.717) is 5.75 Å². The number of aliphatic hydroxyl groups is 1. The third-order valence-electron chi connectivity index (χ3n) is 2.16. The number of aliphatic hydroxyl groups excluding tert-OH is 1. The summed E-state index contributed by atoms with van der Waals surface area (Å²) in [6, 6.07) is 0.656. The Morgan fingerprint density at radius 2 is 2.33 bits per heavy atom. The van der Waals surface area contributed by atoms with Gasteiger partial charge in [0.1, 0.15) is 5.82 Å². The second-order valence-electron chi connectivity index (χ2n) is 3.11.